The van der Waals surface area contributed by atoms with Gasteiger partial charge in [-0.1, -0.05) is 18.2 Å². The highest BCUT2D eigenvalue weighted by molar-refractivity contribution is 5.92. The van der Waals surface area contributed by atoms with Crippen LogP contribution in [-0.2, 0) is 16.0 Å². The van der Waals surface area contributed by atoms with E-state index in [1.54, 1.807) is 7.11 Å². The Labute approximate surface area is 142 Å². The average molecular weight is 326 g/mol. The first kappa shape index (κ1) is 16.3. The number of amides is 1. The molecule has 1 saturated heterocycles. The van der Waals surface area contributed by atoms with Gasteiger partial charge in [0.2, 0.25) is 5.91 Å². The zero-order valence-corrected chi connectivity index (χ0v) is 13.8. The topological polar surface area (TPSA) is 50.8 Å². The van der Waals surface area contributed by atoms with Crippen LogP contribution in [0.25, 0.3) is 0 Å². The molecule has 0 radical (unpaired) electrons. The lowest BCUT2D eigenvalue weighted by Crippen LogP contribution is -2.36. The van der Waals surface area contributed by atoms with Gasteiger partial charge in [-0.15, -0.1) is 0 Å². The number of carbonyl (C=O) groups is 1. The number of anilines is 2. The molecular formula is C19H22N2O3. The molecule has 1 fully saturated rings. The van der Waals surface area contributed by atoms with Crippen LogP contribution < -0.4 is 15.0 Å². The predicted molar refractivity (Wildman–Crippen MR) is 94.8 cm³/mol. The lowest BCUT2D eigenvalue weighted by Gasteiger charge is -2.28. The first-order valence-corrected chi connectivity index (χ1v) is 8.11. The van der Waals surface area contributed by atoms with Gasteiger partial charge in [-0.25, -0.2) is 0 Å². The minimum absolute atomic E-state index is 0.0568. The van der Waals surface area contributed by atoms with Gasteiger partial charge in [0.25, 0.3) is 0 Å². The molecule has 2 aromatic rings. The maximum atomic E-state index is 12.2. The minimum Gasteiger partial charge on any atom is -0.496 e. The normalized spacial score (nSPS) is 14.3. The number of hydrogen-bond acceptors (Lipinski definition) is 4. The largest absolute Gasteiger partial charge is 0.496 e. The Hall–Kier alpha value is -2.53. The summed E-state index contributed by atoms with van der Waals surface area (Å²) in [6.45, 7) is 3.33. The molecule has 2 aromatic carbocycles. The Morgan fingerprint density at radius 3 is 2.54 bits per heavy atom. The number of rotatable bonds is 5. The molecule has 0 aliphatic carbocycles. The van der Waals surface area contributed by atoms with E-state index < -0.39 is 0 Å². The number of nitrogens with zero attached hydrogens (tertiary/aromatic N) is 1. The maximum Gasteiger partial charge on any atom is 0.228 e. The van der Waals surface area contributed by atoms with Crippen molar-refractivity contribution in [2.24, 2.45) is 0 Å². The summed E-state index contributed by atoms with van der Waals surface area (Å²) < 4.78 is 10.6. The molecule has 0 unspecified atom stereocenters. The number of carbonyl (C=O) groups excluding carboxylic acids is 1. The Morgan fingerprint density at radius 1 is 1.12 bits per heavy atom. The summed E-state index contributed by atoms with van der Waals surface area (Å²) in [5, 5.41) is 2.93. The van der Waals surface area contributed by atoms with Crippen LogP contribution in [0.4, 0.5) is 11.4 Å². The van der Waals surface area contributed by atoms with Gasteiger partial charge in [0, 0.05) is 30.0 Å². The molecule has 0 spiro atoms. The summed E-state index contributed by atoms with van der Waals surface area (Å²) >= 11 is 0. The second kappa shape index (κ2) is 7.84. The summed E-state index contributed by atoms with van der Waals surface area (Å²) in [6, 6.07) is 15.5. The summed E-state index contributed by atoms with van der Waals surface area (Å²) in [5.74, 6) is 0.675. The predicted octanol–water partition coefficient (Wildman–Crippen LogP) is 2.71. The van der Waals surface area contributed by atoms with Gasteiger partial charge < -0.3 is 19.7 Å². The molecule has 3 rings (SSSR count). The van der Waals surface area contributed by atoms with E-state index in [2.05, 4.69) is 10.2 Å². The van der Waals surface area contributed by atoms with E-state index >= 15 is 0 Å². The second-order valence-corrected chi connectivity index (χ2v) is 5.68. The van der Waals surface area contributed by atoms with Gasteiger partial charge in [0.1, 0.15) is 5.75 Å². The molecule has 1 aliphatic heterocycles. The van der Waals surface area contributed by atoms with Crippen molar-refractivity contribution in [3.63, 3.8) is 0 Å². The SMILES string of the molecule is COc1ccccc1CC(=O)Nc1ccc(N2CCOCC2)cc1. The number of ether oxygens (including phenoxy) is 2. The van der Waals surface area contributed by atoms with E-state index in [4.69, 9.17) is 9.47 Å². The third-order valence-electron chi connectivity index (χ3n) is 4.07. The number of benzene rings is 2. The van der Waals surface area contributed by atoms with E-state index in [0.29, 0.717) is 0 Å². The fourth-order valence-corrected chi connectivity index (χ4v) is 2.80. The number of nitrogens with one attached hydrogen (secondary N) is 1. The van der Waals surface area contributed by atoms with E-state index in [0.717, 1.165) is 49.0 Å². The van der Waals surface area contributed by atoms with Gasteiger partial charge in [0.05, 0.1) is 26.7 Å². The van der Waals surface area contributed by atoms with Gasteiger partial charge in [-0.05, 0) is 30.3 Å². The van der Waals surface area contributed by atoms with Gasteiger partial charge in [-0.3, -0.25) is 4.79 Å². The van der Waals surface area contributed by atoms with Crippen LogP contribution in [-0.4, -0.2) is 39.3 Å². The van der Waals surface area contributed by atoms with Crippen molar-refractivity contribution in [1.29, 1.82) is 0 Å². The smallest absolute Gasteiger partial charge is 0.228 e. The van der Waals surface area contributed by atoms with Crippen molar-refractivity contribution in [1.82, 2.24) is 0 Å². The molecule has 0 bridgehead atoms. The minimum atomic E-state index is -0.0568. The van der Waals surface area contributed by atoms with Crippen LogP contribution in [0.15, 0.2) is 48.5 Å². The summed E-state index contributed by atoms with van der Waals surface area (Å²) in [4.78, 5) is 14.5. The third-order valence-corrected chi connectivity index (χ3v) is 4.07. The van der Waals surface area contributed by atoms with Crippen molar-refractivity contribution in [2.75, 3.05) is 43.6 Å². The molecule has 24 heavy (non-hydrogen) atoms. The molecule has 1 aliphatic rings. The fourth-order valence-electron chi connectivity index (χ4n) is 2.80. The third kappa shape index (κ3) is 4.06. The van der Waals surface area contributed by atoms with Crippen LogP contribution >= 0.6 is 0 Å². The molecule has 5 heteroatoms. The molecule has 1 heterocycles. The monoisotopic (exact) mass is 326 g/mol. The summed E-state index contributed by atoms with van der Waals surface area (Å²) in [6.07, 6.45) is 0.287. The number of methoxy groups -OCH3 is 1. The van der Waals surface area contributed by atoms with E-state index in [-0.39, 0.29) is 12.3 Å². The molecule has 0 aromatic heterocycles. The van der Waals surface area contributed by atoms with Crippen LogP contribution in [0.3, 0.4) is 0 Å². The molecule has 0 atom stereocenters. The quantitative estimate of drug-likeness (QED) is 0.918. The molecule has 5 nitrogen and oxygen atoms in total. The molecule has 0 saturated carbocycles. The Balaban J connectivity index is 1.60. The molecule has 126 valence electrons. The summed E-state index contributed by atoms with van der Waals surface area (Å²) in [5.41, 5.74) is 2.83. The van der Waals surface area contributed by atoms with Crippen molar-refractivity contribution < 1.29 is 14.3 Å². The second-order valence-electron chi connectivity index (χ2n) is 5.68. The van der Waals surface area contributed by atoms with E-state index in [1.807, 2.05) is 48.5 Å². The number of morpholine rings is 1. The zero-order valence-electron chi connectivity index (χ0n) is 13.8. The van der Waals surface area contributed by atoms with Gasteiger partial charge in [0.15, 0.2) is 0 Å². The maximum absolute atomic E-state index is 12.2. The molecule has 1 amide bonds. The van der Waals surface area contributed by atoms with Gasteiger partial charge >= 0.3 is 0 Å². The van der Waals surface area contributed by atoms with Crippen molar-refractivity contribution in [2.45, 2.75) is 6.42 Å². The van der Waals surface area contributed by atoms with Crippen LogP contribution in [0, 0.1) is 0 Å². The highest BCUT2D eigenvalue weighted by Gasteiger charge is 2.12. The number of hydrogen-bond donors (Lipinski definition) is 1. The van der Waals surface area contributed by atoms with E-state index in [9.17, 15) is 4.79 Å². The lowest BCUT2D eigenvalue weighted by molar-refractivity contribution is -0.115. The first-order valence-electron chi connectivity index (χ1n) is 8.11. The first-order chi connectivity index (χ1) is 11.8. The highest BCUT2D eigenvalue weighted by Crippen LogP contribution is 2.21. The Kier molecular flexibility index (Phi) is 5.33. The average Bonchev–Trinajstić information content (AvgIpc) is 2.63. The standard InChI is InChI=1S/C19H22N2O3/c1-23-18-5-3-2-4-15(18)14-19(22)20-16-6-8-17(9-7-16)21-10-12-24-13-11-21/h2-9H,10-14H2,1H3,(H,20,22). The van der Waals surface area contributed by atoms with Crippen molar-refractivity contribution >= 4 is 17.3 Å². The Bertz CT molecular complexity index is 679. The van der Waals surface area contributed by atoms with Crippen LogP contribution in [0.5, 0.6) is 5.75 Å². The van der Waals surface area contributed by atoms with Gasteiger partial charge in [-0.2, -0.15) is 0 Å². The van der Waals surface area contributed by atoms with E-state index in [1.165, 1.54) is 0 Å². The Morgan fingerprint density at radius 2 is 1.83 bits per heavy atom. The molecule has 1 N–H and O–H groups in total. The van der Waals surface area contributed by atoms with Crippen molar-refractivity contribution in [3.8, 4) is 5.75 Å². The fraction of sp³-hybridized carbons (Fsp3) is 0.316. The molecular weight excluding hydrogens is 304 g/mol. The lowest BCUT2D eigenvalue weighted by atomic mass is 10.1. The van der Waals surface area contributed by atoms with Crippen LogP contribution in [0.1, 0.15) is 5.56 Å². The number of para-hydroxylation sites is 1. The summed E-state index contributed by atoms with van der Waals surface area (Å²) in [7, 11) is 1.61. The van der Waals surface area contributed by atoms with Crippen molar-refractivity contribution in [3.05, 3.63) is 54.1 Å². The van der Waals surface area contributed by atoms with Crippen LogP contribution in [0.2, 0.25) is 0 Å². The zero-order chi connectivity index (χ0) is 16.8. The highest BCUT2D eigenvalue weighted by atomic mass is 16.5.